The topological polar surface area (TPSA) is 56.1 Å². The first-order chi connectivity index (χ1) is 7.29. The number of nitrogens with zero attached hydrogens (tertiary/aromatic N) is 2. The third-order valence-electron chi connectivity index (χ3n) is 2.61. The molecule has 1 aliphatic heterocycles. The quantitative estimate of drug-likeness (QED) is 0.761. The van der Waals surface area contributed by atoms with Crippen molar-refractivity contribution in [1.82, 2.24) is 15.1 Å². The molecule has 1 saturated heterocycles. The van der Waals surface area contributed by atoms with Crippen molar-refractivity contribution in [1.29, 1.82) is 0 Å². The molecule has 5 nitrogen and oxygen atoms in total. The summed E-state index contributed by atoms with van der Waals surface area (Å²) in [6.07, 6.45) is 2.27. The SMILES string of the molecule is COc1ccc(=O)n(C[C@@H]2CCCN2)n1. The predicted molar refractivity (Wildman–Crippen MR) is 56.1 cm³/mol. The van der Waals surface area contributed by atoms with E-state index in [-0.39, 0.29) is 5.56 Å². The average Bonchev–Trinajstić information content (AvgIpc) is 2.74. The highest BCUT2D eigenvalue weighted by molar-refractivity contribution is 5.06. The molecule has 0 amide bonds. The van der Waals surface area contributed by atoms with Crippen LogP contribution >= 0.6 is 0 Å². The van der Waals surface area contributed by atoms with Crippen molar-refractivity contribution in [2.45, 2.75) is 25.4 Å². The van der Waals surface area contributed by atoms with E-state index in [0.29, 0.717) is 18.5 Å². The van der Waals surface area contributed by atoms with Gasteiger partial charge in [-0.2, -0.15) is 0 Å². The van der Waals surface area contributed by atoms with Crippen LogP contribution in [0.3, 0.4) is 0 Å². The first-order valence-corrected chi connectivity index (χ1v) is 5.15. The summed E-state index contributed by atoms with van der Waals surface area (Å²) in [5, 5.41) is 7.43. The molecule has 15 heavy (non-hydrogen) atoms. The first kappa shape index (κ1) is 10.2. The summed E-state index contributed by atoms with van der Waals surface area (Å²) < 4.78 is 6.44. The Morgan fingerprint density at radius 2 is 2.53 bits per heavy atom. The summed E-state index contributed by atoms with van der Waals surface area (Å²) in [6, 6.07) is 3.43. The Hall–Kier alpha value is -1.36. The van der Waals surface area contributed by atoms with Crippen molar-refractivity contribution >= 4 is 0 Å². The maximum absolute atomic E-state index is 11.5. The summed E-state index contributed by atoms with van der Waals surface area (Å²) in [5.74, 6) is 0.479. The van der Waals surface area contributed by atoms with Gasteiger partial charge in [0.2, 0.25) is 5.88 Å². The second-order valence-corrected chi connectivity index (χ2v) is 3.69. The molecule has 1 atom stereocenters. The van der Waals surface area contributed by atoms with E-state index < -0.39 is 0 Å². The van der Waals surface area contributed by atoms with E-state index in [2.05, 4.69) is 10.4 Å². The van der Waals surface area contributed by atoms with Crippen LogP contribution in [0.5, 0.6) is 5.88 Å². The van der Waals surface area contributed by atoms with Gasteiger partial charge in [0.1, 0.15) is 0 Å². The van der Waals surface area contributed by atoms with Crippen LogP contribution in [0.4, 0.5) is 0 Å². The largest absolute Gasteiger partial charge is 0.480 e. The molecule has 5 heteroatoms. The van der Waals surface area contributed by atoms with E-state index in [4.69, 9.17) is 4.74 Å². The molecule has 1 aromatic heterocycles. The fourth-order valence-electron chi connectivity index (χ4n) is 1.79. The van der Waals surface area contributed by atoms with Crippen LogP contribution in [0.1, 0.15) is 12.8 Å². The van der Waals surface area contributed by atoms with E-state index in [1.807, 2.05) is 0 Å². The average molecular weight is 209 g/mol. The number of rotatable bonds is 3. The highest BCUT2D eigenvalue weighted by Crippen LogP contribution is 2.07. The number of ether oxygens (including phenoxy) is 1. The van der Waals surface area contributed by atoms with Gasteiger partial charge in [-0.05, 0) is 19.4 Å². The third-order valence-corrected chi connectivity index (χ3v) is 2.61. The van der Waals surface area contributed by atoms with Gasteiger partial charge in [-0.25, -0.2) is 4.68 Å². The molecule has 1 fully saturated rings. The number of methoxy groups -OCH3 is 1. The summed E-state index contributed by atoms with van der Waals surface area (Å²) >= 11 is 0. The van der Waals surface area contributed by atoms with E-state index >= 15 is 0 Å². The van der Waals surface area contributed by atoms with E-state index in [1.54, 1.807) is 13.2 Å². The Morgan fingerprint density at radius 3 is 3.20 bits per heavy atom. The smallest absolute Gasteiger partial charge is 0.267 e. The van der Waals surface area contributed by atoms with Gasteiger partial charge in [-0.3, -0.25) is 4.79 Å². The lowest BCUT2D eigenvalue weighted by Crippen LogP contribution is -2.33. The molecule has 2 heterocycles. The second-order valence-electron chi connectivity index (χ2n) is 3.69. The molecular formula is C10H15N3O2. The zero-order valence-electron chi connectivity index (χ0n) is 8.77. The van der Waals surface area contributed by atoms with Crippen molar-refractivity contribution in [3.63, 3.8) is 0 Å². The van der Waals surface area contributed by atoms with E-state index in [9.17, 15) is 4.79 Å². The van der Waals surface area contributed by atoms with Gasteiger partial charge in [0.25, 0.3) is 5.56 Å². The second kappa shape index (κ2) is 4.44. The molecule has 0 radical (unpaired) electrons. The normalized spacial score (nSPS) is 20.5. The lowest BCUT2D eigenvalue weighted by Gasteiger charge is -2.11. The van der Waals surface area contributed by atoms with Crippen LogP contribution in [0.2, 0.25) is 0 Å². The summed E-state index contributed by atoms with van der Waals surface area (Å²) in [4.78, 5) is 11.5. The Morgan fingerprint density at radius 1 is 1.67 bits per heavy atom. The molecule has 0 bridgehead atoms. The van der Waals surface area contributed by atoms with Crippen LogP contribution in [0.25, 0.3) is 0 Å². The van der Waals surface area contributed by atoms with Crippen molar-refractivity contribution < 1.29 is 4.74 Å². The minimum Gasteiger partial charge on any atom is -0.480 e. The molecule has 1 N–H and O–H groups in total. The minimum absolute atomic E-state index is 0.0792. The highest BCUT2D eigenvalue weighted by atomic mass is 16.5. The lowest BCUT2D eigenvalue weighted by atomic mass is 10.2. The fraction of sp³-hybridized carbons (Fsp3) is 0.600. The third kappa shape index (κ3) is 2.36. The van der Waals surface area contributed by atoms with Gasteiger partial charge >= 0.3 is 0 Å². The van der Waals surface area contributed by atoms with Gasteiger partial charge in [-0.15, -0.1) is 5.10 Å². The Balaban J connectivity index is 2.15. The standard InChI is InChI=1S/C10H15N3O2/c1-15-9-4-5-10(14)13(12-9)7-8-3-2-6-11-8/h4-5,8,11H,2-3,6-7H2,1H3/t8-/m0/s1. The Labute approximate surface area is 88.1 Å². The van der Waals surface area contributed by atoms with Gasteiger partial charge in [-0.1, -0.05) is 0 Å². The molecule has 0 saturated carbocycles. The lowest BCUT2D eigenvalue weighted by molar-refractivity contribution is 0.365. The first-order valence-electron chi connectivity index (χ1n) is 5.15. The van der Waals surface area contributed by atoms with Crippen molar-refractivity contribution in [3.8, 4) is 5.88 Å². The van der Waals surface area contributed by atoms with E-state index in [1.165, 1.54) is 17.2 Å². The van der Waals surface area contributed by atoms with Gasteiger partial charge in [0.05, 0.1) is 13.7 Å². The van der Waals surface area contributed by atoms with Crippen molar-refractivity contribution in [3.05, 3.63) is 22.5 Å². The van der Waals surface area contributed by atoms with Crippen LogP contribution < -0.4 is 15.6 Å². The van der Waals surface area contributed by atoms with Gasteiger partial charge < -0.3 is 10.1 Å². The highest BCUT2D eigenvalue weighted by Gasteiger charge is 2.15. The summed E-state index contributed by atoms with van der Waals surface area (Å²) in [6.45, 7) is 1.65. The van der Waals surface area contributed by atoms with Crippen molar-refractivity contribution in [2.75, 3.05) is 13.7 Å². The number of hydrogen-bond donors (Lipinski definition) is 1. The maximum Gasteiger partial charge on any atom is 0.267 e. The fourth-order valence-corrected chi connectivity index (χ4v) is 1.79. The molecule has 0 spiro atoms. The monoisotopic (exact) mass is 209 g/mol. The molecule has 1 aromatic rings. The molecule has 0 unspecified atom stereocenters. The number of hydrogen-bond acceptors (Lipinski definition) is 4. The number of aromatic nitrogens is 2. The summed E-state index contributed by atoms with van der Waals surface area (Å²) in [7, 11) is 1.55. The van der Waals surface area contributed by atoms with Crippen LogP contribution in [0.15, 0.2) is 16.9 Å². The zero-order valence-corrected chi connectivity index (χ0v) is 8.77. The van der Waals surface area contributed by atoms with Crippen LogP contribution in [-0.4, -0.2) is 29.5 Å². The molecule has 0 aliphatic carbocycles. The predicted octanol–water partition coefficient (Wildman–Crippen LogP) is 0.00390. The number of nitrogens with one attached hydrogen (secondary N) is 1. The van der Waals surface area contributed by atoms with Crippen molar-refractivity contribution in [2.24, 2.45) is 0 Å². The maximum atomic E-state index is 11.5. The van der Waals surface area contributed by atoms with E-state index in [0.717, 1.165) is 13.0 Å². The zero-order chi connectivity index (χ0) is 10.7. The van der Waals surface area contributed by atoms with Crippen LogP contribution in [-0.2, 0) is 6.54 Å². The molecule has 2 rings (SSSR count). The minimum atomic E-state index is -0.0792. The van der Waals surface area contributed by atoms with Crippen LogP contribution in [0, 0.1) is 0 Å². The molecule has 1 aliphatic rings. The molecule has 0 aromatic carbocycles. The Bertz CT molecular complexity index is 382. The summed E-state index contributed by atoms with van der Waals surface area (Å²) in [5.41, 5.74) is -0.0792. The molecule has 82 valence electrons. The Kier molecular flexibility index (Phi) is 3.01. The molecular weight excluding hydrogens is 194 g/mol. The van der Waals surface area contributed by atoms with Gasteiger partial charge in [0, 0.05) is 18.2 Å². The van der Waals surface area contributed by atoms with Gasteiger partial charge in [0.15, 0.2) is 0 Å².